The van der Waals surface area contributed by atoms with Crippen molar-refractivity contribution >= 4 is 40.8 Å². The molecule has 1 aromatic heterocycles. The van der Waals surface area contributed by atoms with Gasteiger partial charge in [0.15, 0.2) is 0 Å². The number of amides is 4. The maximum Gasteiger partial charge on any atom is 0.417 e. The fourth-order valence-corrected chi connectivity index (χ4v) is 4.33. The van der Waals surface area contributed by atoms with Gasteiger partial charge in [-0.25, -0.2) is 4.79 Å². The molecule has 1 saturated carbocycles. The lowest BCUT2D eigenvalue weighted by atomic mass is 9.89. The van der Waals surface area contributed by atoms with Crippen LogP contribution in [-0.2, 0) is 11.0 Å². The minimum absolute atomic E-state index is 0.0345. The molecule has 0 spiro atoms. The highest BCUT2D eigenvalue weighted by Gasteiger charge is 2.33. The maximum atomic E-state index is 13.0. The van der Waals surface area contributed by atoms with E-state index in [0.29, 0.717) is 17.2 Å². The molecule has 3 aromatic rings. The number of hydrazine groups is 1. The fraction of sp³-hybridized carbons (Fsp3) is 0.259. The minimum atomic E-state index is -4.66. The summed E-state index contributed by atoms with van der Waals surface area (Å²) in [6.45, 7) is 0. The molecule has 0 atom stereocenters. The van der Waals surface area contributed by atoms with Crippen LogP contribution in [-0.4, -0.2) is 22.8 Å². The molecule has 2 aromatic carbocycles. The number of nitrogens with one attached hydrogen (secondary N) is 4. The number of benzene rings is 2. The Morgan fingerprint density at radius 1 is 0.850 bits per heavy atom. The van der Waals surface area contributed by atoms with Crippen LogP contribution in [0.1, 0.15) is 48.2 Å². The lowest BCUT2D eigenvalue weighted by molar-refractivity contribution is -0.137. The largest absolute Gasteiger partial charge is 0.457 e. The summed E-state index contributed by atoms with van der Waals surface area (Å²) in [5.74, 6) is -0.243. The topological polar surface area (TPSA) is 121 Å². The van der Waals surface area contributed by atoms with Gasteiger partial charge in [-0.05, 0) is 61.4 Å². The Hall–Kier alpha value is -4.32. The van der Waals surface area contributed by atoms with Gasteiger partial charge < -0.3 is 15.4 Å². The van der Waals surface area contributed by atoms with Gasteiger partial charge in [0.05, 0.1) is 10.6 Å². The number of halogens is 4. The molecular weight excluding hydrogens is 551 g/mol. The second-order valence-electron chi connectivity index (χ2n) is 9.05. The Bertz CT molecular complexity index is 1380. The van der Waals surface area contributed by atoms with Crippen molar-refractivity contribution in [3.05, 3.63) is 77.1 Å². The van der Waals surface area contributed by atoms with E-state index < -0.39 is 28.7 Å². The summed E-state index contributed by atoms with van der Waals surface area (Å²) in [6.07, 6.45) is 1.42. The average molecular weight is 576 g/mol. The molecule has 4 N–H and O–H groups in total. The minimum Gasteiger partial charge on any atom is -0.457 e. The lowest BCUT2D eigenvalue weighted by Gasteiger charge is -2.20. The van der Waals surface area contributed by atoms with Crippen LogP contribution in [0.15, 0.2) is 60.8 Å². The first-order valence-electron chi connectivity index (χ1n) is 12.4. The monoisotopic (exact) mass is 575 g/mol. The van der Waals surface area contributed by atoms with Crippen molar-refractivity contribution in [2.24, 2.45) is 5.92 Å². The Morgan fingerprint density at radius 2 is 1.52 bits per heavy atom. The fourth-order valence-electron chi connectivity index (χ4n) is 4.10. The molecule has 4 amide bonds. The number of alkyl halides is 3. The predicted octanol–water partition coefficient (Wildman–Crippen LogP) is 6.53. The number of nitrogens with zero attached hydrogens (tertiary/aromatic N) is 1. The van der Waals surface area contributed by atoms with Crippen LogP contribution in [0.2, 0.25) is 5.02 Å². The van der Waals surface area contributed by atoms with Gasteiger partial charge in [0.1, 0.15) is 17.2 Å². The van der Waals surface area contributed by atoms with Crippen molar-refractivity contribution in [1.29, 1.82) is 0 Å². The molecule has 0 radical (unpaired) electrons. The van der Waals surface area contributed by atoms with Gasteiger partial charge in [0.2, 0.25) is 5.91 Å². The smallest absolute Gasteiger partial charge is 0.417 e. The normalized spacial score (nSPS) is 13.7. The first-order valence-corrected chi connectivity index (χ1v) is 12.8. The molecule has 0 bridgehead atoms. The SMILES string of the molecule is O=C(Nc1ccc(Oc2ccnc(C(=O)NNC(=O)C3CCCCC3)c2)cc1)Nc1ccc(Cl)c(C(F)(F)F)c1. The number of carbonyl (C=O) groups is 3. The number of urea groups is 1. The highest BCUT2D eigenvalue weighted by atomic mass is 35.5. The van der Waals surface area contributed by atoms with Gasteiger partial charge in [-0.15, -0.1) is 0 Å². The molecule has 13 heteroatoms. The molecule has 210 valence electrons. The van der Waals surface area contributed by atoms with Crippen LogP contribution in [0, 0.1) is 5.92 Å². The Morgan fingerprint density at radius 3 is 2.23 bits per heavy atom. The highest BCUT2D eigenvalue weighted by molar-refractivity contribution is 6.31. The van der Waals surface area contributed by atoms with Crippen molar-refractivity contribution in [1.82, 2.24) is 15.8 Å². The molecule has 9 nitrogen and oxygen atoms in total. The van der Waals surface area contributed by atoms with Crippen LogP contribution < -0.4 is 26.2 Å². The standard InChI is InChI=1S/C27H25ClF3N5O4/c28-22-11-8-18(14-21(22)27(29,30)31)34-26(39)33-17-6-9-19(10-7-17)40-20-12-13-32-23(15-20)25(38)36-35-24(37)16-4-2-1-3-5-16/h6-16H,1-5H2,(H,35,37)(H,36,38)(H2,33,34,39). The third kappa shape index (κ3) is 7.85. The highest BCUT2D eigenvalue weighted by Crippen LogP contribution is 2.36. The zero-order valence-electron chi connectivity index (χ0n) is 21.0. The molecular formula is C27H25ClF3N5O4. The number of rotatable bonds is 6. The molecule has 0 saturated heterocycles. The van der Waals surface area contributed by atoms with E-state index >= 15 is 0 Å². The summed E-state index contributed by atoms with van der Waals surface area (Å²) in [5.41, 5.74) is 4.07. The second-order valence-corrected chi connectivity index (χ2v) is 9.46. The summed E-state index contributed by atoms with van der Waals surface area (Å²) in [7, 11) is 0. The van der Waals surface area contributed by atoms with E-state index in [9.17, 15) is 27.6 Å². The number of aromatic nitrogens is 1. The van der Waals surface area contributed by atoms with Gasteiger partial charge in [-0.2, -0.15) is 13.2 Å². The maximum absolute atomic E-state index is 13.0. The summed E-state index contributed by atoms with van der Waals surface area (Å²) in [5, 5.41) is 4.36. The van der Waals surface area contributed by atoms with Crippen LogP contribution in [0.25, 0.3) is 0 Å². The van der Waals surface area contributed by atoms with Crippen molar-refractivity contribution in [2.45, 2.75) is 38.3 Å². The van der Waals surface area contributed by atoms with Crippen LogP contribution >= 0.6 is 11.6 Å². The van der Waals surface area contributed by atoms with E-state index in [2.05, 4.69) is 26.5 Å². The van der Waals surface area contributed by atoms with E-state index in [1.165, 1.54) is 36.5 Å². The molecule has 1 aliphatic rings. The van der Waals surface area contributed by atoms with Crippen molar-refractivity contribution < 1.29 is 32.3 Å². The molecule has 0 unspecified atom stereocenters. The van der Waals surface area contributed by atoms with E-state index in [1.807, 2.05) is 0 Å². The van der Waals surface area contributed by atoms with Crippen molar-refractivity contribution in [2.75, 3.05) is 10.6 Å². The van der Waals surface area contributed by atoms with E-state index in [4.69, 9.17) is 16.3 Å². The quantitative estimate of drug-likeness (QED) is 0.249. The Labute approximate surface area is 232 Å². The molecule has 1 aliphatic carbocycles. The predicted molar refractivity (Wildman–Crippen MR) is 142 cm³/mol. The van der Waals surface area contributed by atoms with Crippen LogP contribution in [0.4, 0.5) is 29.3 Å². The van der Waals surface area contributed by atoms with Crippen molar-refractivity contribution in [3.8, 4) is 11.5 Å². The van der Waals surface area contributed by atoms with E-state index in [1.54, 1.807) is 12.1 Å². The van der Waals surface area contributed by atoms with Gasteiger partial charge in [-0.3, -0.25) is 25.4 Å². The zero-order chi connectivity index (χ0) is 28.7. The summed E-state index contributed by atoms with van der Waals surface area (Å²) < 4.78 is 44.8. The number of carbonyl (C=O) groups excluding carboxylic acids is 3. The average Bonchev–Trinajstić information content (AvgIpc) is 2.93. The Kier molecular flexibility index (Phi) is 9.10. The first-order chi connectivity index (χ1) is 19.1. The number of anilines is 2. The molecule has 40 heavy (non-hydrogen) atoms. The first kappa shape index (κ1) is 28.7. The van der Waals surface area contributed by atoms with Crippen LogP contribution in [0.5, 0.6) is 11.5 Å². The number of ether oxygens (including phenoxy) is 1. The summed E-state index contributed by atoms with van der Waals surface area (Å²) >= 11 is 5.60. The van der Waals surface area contributed by atoms with Gasteiger partial charge in [0.25, 0.3) is 5.91 Å². The number of hydrogen-bond acceptors (Lipinski definition) is 5. The van der Waals surface area contributed by atoms with Crippen molar-refractivity contribution in [3.63, 3.8) is 0 Å². The second kappa shape index (κ2) is 12.7. The van der Waals surface area contributed by atoms with Gasteiger partial charge in [-0.1, -0.05) is 30.9 Å². The van der Waals surface area contributed by atoms with Crippen LogP contribution in [0.3, 0.4) is 0 Å². The van der Waals surface area contributed by atoms with E-state index in [0.717, 1.165) is 44.2 Å². The molecule has 0 aliphatic heterocycles. The number of hydrogen-bond donors (Lipinski definition) is 4. The summed E-state index contributed by atoms with van der Waals surface area (Å²) in [4.78, 5) is 40.9. The zero-order valence-corrected chi connectivity index (χ0v) is 21.7. The van der Waals surface area contributed by atoms with Gasteiger partial charge >= 0.3 is 12.2 Å². The lowest BCUT2D eigenvalue weighted by Crippen LogP contribution is -2.45. The summed E-state index contributed by atoms with van der Waals surface area (Å²) in [6, 6.07) is 11.4. The molecule has 1 fully saturated rings. The number of pyridine rings is 1. The third-order valence-electron chi connectivity index (χ3n) is 6.12. The van der Waals surface area contributed by atoms with E-state index in [-0.39, 0.29) is 23.2 Å². The molecule has 4 rings (SSSR count). The Balaban J connectivity index is 1.30. The molecule has 1 heterocycles. The third-order valence-corrected chi connectivity index (χ3v) is 6.45. The van der Waals surface area contributed by atoms with Gasteiger partial charge in [0, 0.05) is 29.6 Å².